The molecule has 0 N–H and O–H groups in total. The van der Waals surface area contributed by atoms with Crippen LogP contribution in [0.25, 0.3) is 43.1 Å². The van der Waals surface area contributed by atoms with Crippen LogP contribution in [0.3, 0.4) is 0 Å². The van der Waals surface area contributed by atoms with Crippen molar-refractivity contribution in [2.75, 3.05) is 13.1 Å². The van der Waals surface area contributed by atoms with E-state index in [1.165, 1.54) is 9.80 Å². The highest BCUT2D eigenvalue weighted by Gasteiger charge is 2.39. The molecule has 6 nitrogen and oxygen atoms in total. The molecular formula is C32H22Br4N2O4. The van der Waals surface area contributed by atoms with Crippen molar-refractivity contribution in [3.8, 4) is 0 Å². The summed E-state index contributed by atoms with van der Waals surface area (Å²) in [5.74, 6) is -1.23. The molecule has 0 aromatic heterocycles. The number of unbranched alkanes of at least 4 members (excludes halogenated alkanes) is 2. The summed E-state index contributed by atoms with van der Waals surface area (Å²) in [6.45, 7) is 4.77. The fourth-order valence-electron chi connectivity index (χ4n) is 6.60. The number of benzene rings is 5. The second-order valence-electron chi connectivity index (χ2n) is 10.9. The fraction of sp³-hybridized carbons (Fsp3) is 0.250. The van der Waals surface area contributed by atoms with Gasteiger partial charge in [0.05, 0.1) is 0 Å². The van der Waals surface area contributed by atoms with Crippen molar-refractivity contribution in [3.05, 3.63) is 64.4 Å². The Hall–Kier alpha value is -2.40. The summed E-state index contributed by atoms with van der Waals surface area (Å²) in [5, 5.41) is 5.99. The number of fused-ring (bicyclic) bond motifs is 2. The second kappa shape index (κ2) is 10.1. The van der Waals surface area contributed by atoms with Gasteiger partial charge in [-0.05, 0) is 37.1 Å². The van der Waals surface area contributed by atoms with E-state index in [1.807, 2.05) is 13.8 Å². The van der Waals surface area contributed by atoms with Crippen molar-refractivity contribution in [3.63, 3.8) is 0 Å². The molecule has 2 aliphatic rings. The number of amides is 4. The molecule has 5 aromatic carbocycles. The predicted molar refractivity (Wildman–Crippen MR) is 179 cm³/mol. The van der Waals surface area contributed by atoms with Crippen molar-refractivity contribution in [1.29, 1.82) is 0 Å². The highest BCUT2D eigenvalue weighted by atomic mass is 79.9. The first-order valence-electron chi connectivity index (χ1n) is 13.8. The first-order valence-corrected chi connectivity index (χ1v) is 17.0. The molecule has 42 heavy (non-hydrogen) atoms. The zero-order valence-electron chi connectivity index (χ0n) is 22.6. The zero-order chi connectivity index (χ0) is 29.8. The van der Waals surface area contributed by atoms with E-state index in [2.05, 4.69) is 63.7 Å². The standard InChI is InChI=1S/C32H22Br4N2O4/c1-3-5-7-37-29(39)13-9-17(33)23-25-19(35)11-15-22-16(32(42)38(31(15)41)8-6-4-2)12-20(36)26(28(22)25)24-18(34)10-14(30(37)40)21(13)27(23)24/h9-12H,3-8H2,1-2H3. The third-order valence-corrected chi connectivity index (χ3v) is 11.0. The Morgan fingerprint density at radius 1 is 0.452 bits per heavy atom. The molecule has 212 valence electrons. The molecule has 5 aromatic rings. The third kappa shape index (κ3) is 3.64. The van der Waals surface area contributed by atoms with E-state index in [4.69, 9.17) is 0 Å². The first-order chi connectivity index (χ1) is 20.1. The van der Waals surface area contributed by atoms with Crippen LogP contribution in [0.4, 0.5) is 0 Å². The van der Waals surface area contributed by atoms with E-state index in [9.17, 15) is 19.2 Å². The number of nitrogens with zero attached hydrogens (tertiary/aromatic N) is 2. The molecule has 0 radical (unpaired) electrons. The van der Waals surface area contributed by atoms with Gasteiger partial charge in [-0.3, -0.25) is 29.0 Å². The summed E-state index contributed by atoms with van der Waals surface area (Å²) in [7, 11) is 0. The molecule has 2 heterocycles. The third-order valence-electron chi connectivity index (χ3n) is 8.49. The highest BCUT2D eigenvalue weighted by molar-refractivity contribution is 9.11. The minimum atomic E-state index is -0.306. The molecule has 0 fully saturated rings. The summed E-state index contributed by atoms with van der Waals surface area (Å²) >= 11 is 15.1. The molecule has 0 saturated heterocycles. The summed E-state index contributed by atoms with van der Waals surface area (Å²) in [6.07, 6.45) is 3.17. The van der Waals surface area contributed by atoms with E-state index in [0.29, 0.717) is 64.0 Å². The Balaban J connectivity index is 1.68. The Morgan fingerprint density at radius 3 is 0.952 bits per heavy atom. The minimum Gasteiger partial charge on any atom is -0.274 e. The number of imide groups is 2. The Morgan fingerprint density at radius 2 is 0.714 bits per heavy atom. The van der Waals surface area contributed by atoms with Crippen LogP contribution >= 0.6 is 63.7 Å². The van der Waals surface area contributed by atoms with E-state index < -0.39 is 0 Å². The van der Waals surface area contributed by atoms with Crippen LogP contribution in [0, 0.1) is 0 Å². The molecule has 2 aliphatic heterocycles. The van der Waals surface area contributed by atoms with Gasteiger partial charge in [-0.1, -0.05) is 90.4 Å². The van der Waals surface area contributed by atoms with Gasteiger partial charge >= 0.3 is 0 Å². The number of carbonyl (C=O) groups excluding carboxylic acids is 4. The average molecular weight is 818 g/mol. The van der Waals surface area contributed by atoms with Crippen LogP contribution < -0.4 is 0 Å². The van der Waals surface area contributed by atoms with Crippen LogP contribution in [-0.2, 0) is 0 Å². The van der Waals surface area contributed by atoms with Gasteiger partial charge in [0.15, 0.2) is 0 Å². The lowest BCUT2D eigenvalue weighted by molar-refractivity contribution is 0.0593. The van der Waals surface area contributed by atoms with Crippen LogP contribution in [-0.4, -0.2) is 46.5 Å². The van der Waals surface area contributed by atoms with E-state index in [0.717, 1.165) is 58.0 Å². The lowest BCUT2D eigenvalue weighted by atomic mass is 9.82. The molecule has 0 bridgehead atoms. The molecule has 0 unspecified atom stereocenters. The molecule has 0 spiro atoms. The molecule has 4 amide bonds. The normalized spacial score (nSPS) is 15.1. The maximum Gasteiger partial charge on any atom is 0.261 e. The Labute approximate surface area is 274 Å². The lowest BCUT2D eigenvalue weighted by Gasteiger charge is -2.31. The average Bonchev–Trinajstić information content (AvgIpc) is 2.96. The zero-order valence-corrected chi connectivity index (χ0v) is 28.9. The van der Waals surface area contributed by atoms with Gasteiger partial charge in [0.25, 0.3) is 23.6 Å². The SMILES string of the molecule is CCCCN1C(=O)c2cc(Br)c3c4c(Br)cc5c6c(cc(Br)c(c7c(Br)cc(c2c37)C1=O)c64)C(=O)N(CCCC)C5=O. The van der Waals surface area contributed by atoms with Gasteiger partial charge in [0.1, 0.15) is 0 Å². The quantitative estimate of drug-likeness (QED) is 0.0973. The summed E-state index contributed by atoms with van der Waals surface area (Å²) < 4.78 is 2.76. The first kappa shape index (κ1) is 28.4. The van der Waals surface area contributed by atoms with Crippen molar-refractivity contribution >= 4 is 130 Å². The Kier molecular flexibility index (Phi) is 6.81. The predicted octanol–water partition coefficient (Wildman–Crippen LogP) is 9.58. The maximum absolute atomic E-state index is 13.7. The summed E-state index contributed by atoms with van der Waals surface area (Å²) in [4.78, 5) is 57.7. The van der Waals surface area contributed by atoms with Gasteiger partial charge in [0.2, 0.25) is 0 Å². The van der Waals surface area contributed by atoms with Crippen LogP contribution in [0.15, 0.2) is 42.2 Å². The largest absolute Gasteiger partial charge is 0.274 e. The summed E-state index contributed by atoms with van der Waals surface area (Å²) in [5.41, 5.74) is 1.88. The number of hydrogen-bond donors (Lipinski definition) is 0. The monoisotopic (exact) mass is 814 g/mol. The molecule has 0 aliphatic carbocycles. The number of rotatable bonds is 6. The van der Waals surface area contributed by atoms with Crippen molar-refractivity contribution in [2.24, 2.45) is 0 Å². The van der Waals surface area contributed by atoms with Crippen LogP contribution in [0.1, 0.15) is 81.0 Å². The van der Waals surface area contributed by atoms with Crippen molar-refractivity contribution < 1.29 is 19.2 Å². The van der Waals surface area contributed by atoms with Crippen LogP contribution in [0.5, 0.6) is 0 Å². The van der Waals surface area contributed by atoms with E-state index in [1.54, 1.807) is 24.3 Å². The van der Waals surface area contributed by atoms with Gasteiger partial charge < -0.3 is 0 Å². The second-order valence-corrected chi connectivity index (χ2v) is 14.3. The Bertz CT molecular complexity index is 1820. The van der Waals surface area contributed by atoms with Gasteiger partial charge in [-0.15, -0.1) is 0 Å². The highest BCUT2D eigenvalue weighted by Crippen LogP contribution is 2.53. The molecular weight excluding hydrogens is 796 g/mol. The van der Waals surface area contributed by atoms with Gasteiger partial charge in [0, 0.05) is 96.3 Å². The van der Waals surface area contributed by atoms with Gasteiger partial charge in [-0.2, -0.15) is 0 Å². The van der Waals surface area contributed by atoms with Crippen LogP contribution in [0.2, 0.25) is 0 Å². The summed E-state index contributed by atoms with van der Waals surface area (Å²) in [6, 6.07) is 7.21. The molecule has 0 atom stereocenters. The topological polar surface area (TPSA) is 74.8 Å². The fourth-order valence-corrected chi connectivity index (χ4v) is 9.10. The van der Waals surface area contributed by atoms with Crippen molar-refractivity contribution in [2.45, 2.75) is 39.5 Å². The maximum atomic E-state index is 13.7. The molecule has 10 heteroatoms. The van der Waals surface area contributed by atoms with Crippen molar-refractivity contribution in [1.82, 2.24) is 9.80 Å². The molecule has 7 rings (SSSR count). The minimum absolute atomic E-state index is 0.306. The lowest BCUT2D eigenvalue weighted by Crippen LogP contribution is -2.41. The smallest absolute Gasteiger partial charge is 0.261 e. The van der Waals surface area contributed by atoms with Gasteiger partial charge in [-0.25, -0.2) is 0 Å². The number of carbonyl (C=O) groups is 4. The molecule has 0 saturated carbocycles. The number of halogens is 4. The number of hydrogen-bond acceptors (Lipinski definition) is 4. The van der Waals surface area contributed by atoms with E-state index in [-0.39, 0.29) is 23.6 Å². The van der Waals surface area contributed by atoms with E-state index >= 15 is 0 Å².